The standard InChI is InChI=1S/C38H30N6O10/c1-52-37(48)26-15-16-31-28(19-26)41-35(54-31)33(46)29(17-23-9-4-2-5-10-23)40-32(45)21-43-34(25-13-8-14-27(18-25)44(50)51)39-20-30(36(43)47)42-38(49)53-22-24-11-6-3-7-12-24/h2-16,18-20,29H,17,21-22H2,1H3,(H,40,45)(H,42,49). The van der Waals surface area contributed by atoms with E-state index in [1.165, 1.54) is 49.6 Å². The molecule has 2 amide bonds. The Kier molecular flexibility index (Phi) is 10.9. The van der Waals surface area contributed by atoms with E-state index in [9.17, 15) is 34.1 Å². The van der Waals surface area contributed by atoms with Crippen molar-refractivity contribution in [3.05, 3.63) is 152 Å². The summed E-state index contributed by atoms with van der Waals surface area (Å²) < 4.78 is 16.6. The predicted molar refractivity (Wildman–Crippen MR) is 193 cm³/mol. The molecule has 16 heteroatoms. The van der Waals surface area contributed by atoms with Gasteiger partial charge in [-0.05, 0) is 29.3 Å². The maximum atomic E-state index is 13.9. The zero-order valence-corrected chi connectivity index (χ0v) is 28.5. The van der Waals surface area contributed by atoms with Crippen LogP contribution in [0.15, 0.2) is 119 Å². The molecule has 16 nitrogen and oxygen atoms in total. The Bertz CT molecular complexity index is 2430. The van der Waals surface area contributed by atoms with Gasteiger partial charge < -0.3 is 19.2 Å². The van der Waals surface area contributed by atoms with Crippen LogP contribution in [0.25, 0.3) is 22.5 Å². The van der Waals surface area contributed by atoms with Gasteiger partial charge in [-0.3, -0.25) is 34.4 Å². The number of nitrogens with one attached hydrogen (secondary N) is 2. The van der Waals surface area contributed by atoms with Crippen LogP contribution in [0.5, 0.6) is 0 Å². The maximum absolute atomic E-state index is 13.9. The van der Waals surface area contributed by atoms with Gasteiger partial charge in [-0.25, -0.2) is 19.6 Å². The van der Waals surface area contributed by atoms with Crippen LogP contribution >= 0.6 is 0 Å². The molecule has 0 saturated heterocycles. The highest BCUT2D eigenvalue weighted by Crippen LogP contribution is 2.23. The minimum absolute atomic E-state index is 0.00269. The first-order valence-electron chi connectivity index (χ1n) is 16.3. The molecule has 2 N–H and O–H groups in total. The second kappa shape index (κ2) is 16.2. The van der Waals surface area contributed by atoms with Crippen molar-refractivity contribution in [3.8, 4) is 11.4 Å². The van der Waals surface area contributed by atoms with Crippen molar-refractivity contribution < 1.29 is 38.0 Å². The van der Waals surface area contributed by atoms with Crippen LogP contribution in [-0.4, -0.2) is 56.4 Å². The topological polar surface area (TPSA) is 215 Å². The average molecular weight is 731 g/mol. The summed E-state index contributed by atoms with van der Waals surface area (Å²) >= 11 is 0. The molecule has 0 saturated carbocycles. The first-order chi connectivity index (χ1) is 26.1. The Morgan fingerprint density at radius 1 is 0.926 bits per heavy atom. The largest absolute Gasteiger partial charge is 0.465 e. The predicted octanol–water partition coefficient (Wildman–Crippen LogP) is 5.11. The van der Waals surface area contributed by atoms with Gasteiger partial charge in [-0.2, -0.15) is 0 Å². The van der Waals surface area contributed by atoms with Crippen LogP contribution < -0.4 is 16.2 Å². The summed E-state index contributed by atoms with van der Waals surface area (Å²) in [6, 6.07) is 26.0. The summed E-state index contributed by atoms with van der Waals surface area (Å²) in [5.74, 6) is -2.62. The number of aromatic nitrogens is 3. The van der Waals surface area contributed by atoms with Gasteiger partial charge in [0.1, 0.15) is 36.2 Å². The number of hydrogen-bond acceptors (Lipinski definition) is 12. The molecular weight excluding hydrogens is 700 g/mol. The lowest BCUT2D eigenvalue weighted by molar-refractivity contribution is -0.384. The monoisotopic (exact) mass is 730 g/mol. The lowest BCUT2D eigenvalue weighted by atomic mass is 10.0. The summed E-state index contributed by atoms with van der Waals surface area (Å²) in [6.07, 6.45) is 0.0782. The summed E-state index contributed by atoms with van der Waals surface area (Å²) in [5.41, 5.74) is 0.581. The Morgan fingerprint density at radius 2 is 1.65 bits per heavy atom. The van der Waals surface area contributed by atoms with Crippen molar-refractivity contribution in [1.82, 2.24) is 19.9 Å². The van der Waals surface area contributed by atoms with Gasteiger partial charge in [0.05, 0.1) is 23.8 Å². The zero-order valence-electron chi connectivity index (χ0n) is 28.5. The highest BCUT2D eigenvalue weighted by Gasteiger charge is 2.28. The van der Waals surface area contributed by atoms with Gasteiger partial charge in [0.15, 0.2) is 5.58 Å². The molecule has 0 spiro atoms. The molecule has 0 radical (unpaired) electrons. The van der Waals surface area contributed by atoms with E-state index in [2.05, 4.69) is 20.6 Å². The summed E-state index contributed by atoms with van der Waals surface area (Å²) in [7, 11) is 1.23. The van der Waals surface area contributed by atoms with Crippen LogP contribution in [0.3, 0.4) is 0 Å². The Morgan fingerprint density at radius 3 is 2.35 bits per heavy atom. The van der Waals surface area contributed by atoms with E-state index >= 15 is 0 Å². The second-order valence-electron chi connectivity index (χ2n) is 11.7. The molecule has 0 fully saturated rings. The number of nitro groups is 1. The van der Waals surface area contributed by atoms with Crippen LogP contribution in [0.4, 0.5) is 16.2 Å². The third-order valence-electron chi connectivity index (χ3n) is 8.07. The second-order valence-corrected chi connectivity index (χ2v) is 11.7. The number of oxazole rings is 1. The van der Waals surface area contributed by atoms with E-state index in [1.807, 2.05) is 0 Å². The van der Waals surface area contributed by atoms with Gasteiger partial charge >= 0.3 is 12.1 Å². The van der Waals surface area contributed by atoms with Crippen molar-refractivity contribution in [1.29, 1.82) is 0 Å². The van der Waals surface area contributed by atoms with E-state index < -0.39 is 46.8 Å². The normalized spacial score (nSPS) is 11.4. The number of non-ortho nitro benzene ring substituents is 1. The number of rotatable bonds is 13. The number of nitrogens with zero attached hydrogens (tertiary/aromatic N) is 4. The third-order valence-corrected chi connectivity index (χ3v) is 8.07. The fourth-order valence-electron chi connectivity index (χ4n) is 5.45. The third kappa shape index (κ3) is 8.51. The van der Waals surface area contributed by atoms with Gasteiger partial charge in [0, 0.05) is 24.1 Å². The lowest BCUT2D eigenvalue weighted by Gasteiger charge is -2.18. The number of benzene rings is 4. The van der Waals surface area contributed by atoms with Crippen LogP contribution in [0.1, 0.15) is 32.2 Å². The number of ether oxygens (including phenoxy) is 2. The molecule has 1 unspecified atom stereocenters. The minimum Gasteiger partial charge on any atom is -0.465 e. The molecule has 272 valence electrons. The van der Waals surface area contributed by atoms with Gasteiger partial charge in [0.25, 0.3) is 17.1 Å². The highest BCUT2D eigenvalue weighted by atomic mass is 16.6. The molecule has 4 aromatic carbocycles. The number of methoxy groups -OCH3 is 1. The molecule has 2 heterocycles. The molecule has 0 aliphatic carbocycles. The number of esters is 1. The molecule has 6 aromatic rings. The number of fused-ring (bicyclic) bond motifs is 1. The van der Waals surface area contributed by atoms with Gasteiger partial charge in [-0.15, -0.1) is 0 Å². The molecule has 1 atom stereocenters. The first kappa shape index (κ1) is 36.3. The highest BCUT2D eigenvalue weighted by molar-refractivity contribution is 6.01. The van der Waals surface area contributed by atoms with Crippen molar-refractivity contribution >= 4 is 46.2 Å². The smallest absolute Gasteiger partial charge is 0.412 e. The number of ketones is 1. The lowest BCUT2D eigenvalue weighted by Crippen LogP contribution is -2.45. The Labute approximate surface area is 305 Å². The van der Waals surface area contributed by atoms with Crippen molar-refractivity contribution in [2.24, 2.45) is 0 Å². The number of carbonyl (C=O) groups is 4. The Hall–Kier alpha value is -7.49. The summed E-state index contributed by atoms with van der Waals surface area (Å²) in [4.78, 5) is 85.8. The minimum atomic E-state index is -1.26. The van der Waals surface area contributed by atoms with Gasteiger partial charge in [0.2, 0.25) is 11.7 Å². The van der Waals surface area contributed by atoms with E-state index in [-0.39, 0.29) is 58.3 Å². The molecule has 54 heavy (non-hydrogen) atoms. The number of nitro benzene ring substituents is 1. The molecule has 0 aliphatic heterocycles. The number of hydrogen-bond donors (Lipinski definition) is 2. The van der Waals surface area contributed by atoms with Crippen LogP contribution in [-0.2, 0) is 33.8 Å². The van der Waals surface area contributed by atoms with Crippen LogP contribution in [0.2, 0.25) is 0 Å². The summed E-state index contributed by atoms with van der Waals surface area (Å²) in [6.45, 7) is -0.821. The van der Waals surface area contributed by atoms with Crippen LogP contribution in [0, 0.1) is 10.1 Å². The van der Waals surface area contributed by atoms with Crippen molar-refractivity contribution in [2.75, 3.05) is 12.4 Å². The van der Waals surface area contributed by atoms with E-state index in [4.69, 9.17) is 13.9 Å². The quantitative estimate of drug-likeness (QED) is 0.0687. The fourth-order valence-corrected chi connectivity index (χ4v) is 5.45. The maximum Gasteiger partial charge on any atom is 0.412 e. The number of carbonyl (C=O) groups excluding carboxylic acids is 4. The fraction of sp³-hybridized carbons (Fsp3) is 0.132. The molecule has 2 aromatic heterocycles. The molecule has 0 bridgehead atoms. The van der Waals surface area contributed by atoms with E-state index in [0.29, 0.717) is 11.1 Å². The number of amides is 2. The Balaban J connectivity index is 1.31. The first-order valence-corrected chi connectivity index (χ1v) is 16.3. The molecule has 6 rings (SSSR count). The SMILES string of the molecule is COC(=O)c1ccc2oc(C(=O)C(Cc3ccccc3)NC(=O)Cn3c(-c4cccc([N+](=O)[O-])c4)ncc(NC(=O)OCc4ccccc4)c3=O)nc2c1. The average Bonchev–Trinajstić information content (AvgIpc) is 3.62. The zero-order chi connectivity index (χ0) is 38.2. The van der Waals surface area contributed by atoms with Crippen molar-refractivity contribution in [3.63, 3.8) is 0 Å². The molecule has 0 aliphatic rings. The number of anilines is 1. The van der Waals surface area contributed by atoms with Gasteiger partial charge in [-0.1, -0.05) is 72.8 Å². The number of Topliss-reactive ketones (excluding diaryl/α,β-unsaturated/α-hetero) is 1. The van der Waals surface area contributed by atoms with E-state index in [0.717, 1.165) is 10.8 Å². The van der Waals surface area contributed by atoms with Crippen molar-refractivity contribution in [2.45, 2.75) is 25.6 Å². The molecular formula is C38H30N6O10. The summed E-state index contributed by atoms with van der Waals surface area (Å²) in [5, 5.41) is 16.6. The van der Waals surface area contributed by atoms with E-state index in [1.54, 1.807) is 60.7 Å².